The van der Waals surface area contributed by atoms with Crippen molar-refractivity contribution in [2.24, 2.45) is 5.73 Å². The van der Waals surface area contributed by atoms with Crippen molar-refractivity contribution < 1.29 is 0 Å². The Balaban J connectivity index is 2.37. The Labute approximate surface area is 115 Å². The molecule has 100 valence electrons. The van der Waals surface area contributed by atoms with E-state index in [0.29, 0.717) is 0 Å². The molecular formula is C17H22N2. The summed E-state index contributed by atoms with van der Waals surface area (Å²) in [6.07, 6.45) is 0.966. The monoisotopic (exact) mass is 254 g/mol. The molecule has 0 aromatic heterocycles. The van der Waals surface area contributed by atoms with E-state index in [1.165, 1.54) is 22.4 Å². The van der Waals surface area contributed by atoms with E-state index >= 15 is 0 Å². The quantitative estimate of drug-likeness (QED) is 0.898. The van der Waals surface area contributed by atoms with Crippen LogP contribution in [0.5, 0.6) is 0 Å². The summed E-state index contributed by atoms with van der Waals surface area (Å²) in [5.41, 5.74) is 11.0. The molecule has 0 aliphatic rings. The lowest BCUT2D eigenvalue weighted by molar-refractivity contribution is 0.699. The Kier molecular flexibility index (Phi) is 4.23. The molecule has 0 saturated heterocycles. The molecule has 19 heavy (non-hydrogen) atoms. The minimum absolute atomic E-state index is 0.137. The van der Waals surface area contributed by atoms with Gasteiger partial charge >= 0.3 is 0 Å². The van der Waals surface area contributed by atoms with E-state index in [4.69, 9.17) is 5.73 Å². The van der Waals surface area contributed by atoms with Gasteiger partial charge in [-0.1, -0.05) is 49.4 Å². The molecule has 0 aliphatic heterocycles. The third kappa shape index (κ3) is 2.96. The highest BCUT2D eigenvalue weighted by atomic mass is 15.1. The van der Waals surface area contributed by atoms with Gasteiger partial charge in [0.15, 0.2) is 0 Å². The highest BCUT2D eigenvalue weighted by Crippen LogP contribution is 2.30. The van der Waals surface area contributed by atoms with Gasteiger partial charge in [0.05, 0.1) is 0 Å². The van der Waals surface area contributed by atoms with E-state index in [9.17, 15) is 0 Å². The summed E-state index contributed by atoms with van der Waals surface area (Å²) >= 11 is 0. The second-order valence-corrected chi connectivity index (χ2v) is 5.05. The summed E-state index contributed by atoms with van der Waals surface area (Å²) in [5.74, 6) is 0. The smallest absolute Gasteiger partial charge is 0.0440 e. The van der Waals surface area contributed by atoms with Crippen LogP contribution in [-0.4, -0.2) is 14.1 Å². The summed E-state index contributed by atoms with van der Waals surface area (Å²) in [4.78, 5) is 2.14. The highest BCUT2D eigenvalue weighted by Gasteiger charge is 2.07. The van der Waals surface area contributed by atoms with Crippen molar-refractivity contribution in [3.05, 3.63) is 54.1 Å². The molecule has 2 rings (SSSR count). The number of para-hydroxylation sites is 1. The molecule has 0 fully saturated rings. The van der Waals surface area contributed by atoms with Gasteiger partial charge in [-0.3, -0.25) is 0 Å². The van der Waals surface area contributed by atoms with Crippen molar-refractivity contribution in [1.29, 1.82) is 0 Å². The molecule has 0 heterocycles. The van der Waals surface area contributed by atoms with E-state index < -0.39 is 0 Å². The lowest BCUT2D eigenvalue weighted by Crippen LogP contribution is -2.10. The van der Waals surface area contributed by atoms with Crippen LogP contribution in [0.25, 0.3) is 11.1 Å². The van der Waals surface area contributed by atoms with Crippen LogP contribution in [-0.2, 0) is 0 Å². The summed E-state index contributed by atoms with van der Waals surface area (Å²) in [7, 11) is 4.14. The van der Waals surface area contributed by atoms with Gasteiger partial charge in [0.1, 0.15) is 0 Å². The minimum atomic E-state index is 0.137. The lowest BCUT2D eigenvalue weighted by Gasteiger charge is -2.18. The van der Waals surface area contributed by atoms with Crippen LogP contribution in [0.4, 0.5) is 5.69 Å². The predicted molar refractivity (Wildman–Crippen MR) is 83.4 cm³/mol. The Bertz CT molecular complexity index is 529. The van der Waals surface area contributed by atoms with Gasteiger partial charge in [0, 0.05) is 31.4 Å². The van der Waals surface area contributed by atoms with E-state index in [2.05, 4.69) is 74.4 Å². The fourth-order valence-electron chi connectivity index (χ4n) is 2.25. The van der Waals surface area contributed by atoms with E-state index in [1.54, 1.807) is 0 Å². The normalized spacial score (nSPS) is 12.2. The van der Waals surface area contributed by atoms with Gasteiger partial charge in [-0.25, -0.2) is 0 Å². The first-order valence-corrected chi connectivity index (χ1v) is 6.75. The highest BCUT2D eigenvalue weighted by molar-refractivity contribution is 5.78. The second kappa shape index (κ2) is 5.89. The van der Waals surface area contributed by atoms with Crippen molar-refractivity contribution in [3.63, 3.8) is 0 Å². The van der Waals surface area contributed by atoms with Crippen molar-refractivity contribution in [3.8, 4) is 11.1 Å². The zero-order valence-corrected chi connectivity index (χ0v) is 11.9. The average Bonchev–Trinajstić information content (AvgIpc) is 2.46. The summed E-state index contributed by atoms with van der Waals surface area (Å²) < 4.78 is 0. The molecule has 1 unspecified atom stereocenters. The fraction of sp³-hybridized carbons (Fsp3) is 0.294. The largest absolute Gasteiger partial charge is 0.377 e. The van der Waals surface area contributed by atoms with E-state index in [1.807, 2.05) is 0 Å². The van der Waals surface area contributed by atoms with Gasteiger partial charge in [-0.05, 0) is 23.6 Å². The first-order valence-electron chi connectivity index (χ1n) is 6.75. The third-order valence-electron chi connectivity index (χ3n) is 3.48. The van der Waals surface area contributed by atoms with Crippen LogP contribution in [0.2, 0.25) is 0 Å². The molecule has 0 spiro atoms. The second-order valence-electron chi connectivity index (χ2n) is 5.05. The molecule has 2 aromatic carbocycles. The van der Waals surface area contributed by atoms with Crippen molar-refractivity contribution in [1.82, 2.24) is 0 Å². The number of nitrogens with two attached hydrogens (primary N) is 1. The van der Waals surface area contributed by atoms with Crippen LogP contribution in [0, 0.1) is 0 Å². The number of anilines is 1. The summed E-state index contributed by atoms with van der Waals surface area (Å²) in [6.45, 7) is 2.11. The van der Waals surface area contributed by atoms with E-state index in [-0.39, 0.29) is 6.04 Å². The van der Waals surface area contributed by atoms with Crippen LogP contribution < -0.4 is 10.6 Å². The number of nitrogens with zero attached hydrogens (tertiary/aromatic N) is 1. The molecule has 0 radical (unpaired) electrons. The van der Waals surface area contributed by atoms with Gasteiger partial charge < -0.3 is 10.6 Å². The first kappa shape index (κ1) is 13.6. The molecule has 2 N–H and O–H groups in total. The summed E-state index contributed by atoms with van der Waals surface area (Å²) in [5, 5.41) is 0. The molecule has 0 saturated carbocycles. The summed E-state index contributed by atoms with van der Waals surface area (Å²) in [6, 6.07) is 17.2. The molecule has 2 nitrogen and oxygen atoms in total. The molecule has 0 amide bonds. The van der Waals surface area contributed by atoms with Crippen molar-refractivity contribution in [2.45, 2.75) is 19.4 Å². The molecule has 2 heteroatoms. The molecule has 1 atom stereocenters. The minimum Gasteiger partial charge on any atom is -0.377 e. The number of hydrogen-bond donors (Lipinski definition) is 1. The van der Waals surface area contributed by atoms with Crippen molar-refractivity contribution >= 4 is 5.69 Å². The molecule has 0 aliphatic carbocycles. The lowest BCUT2D eigenvalue weighted by atomic mass is 9.99. The number of rotatable bonds is 4. The number of hydrogen-bond acceptors (Lipinski definition) is 2. The predicted octanol–water partition coefficient (Wildman–Crippen LogP) is 3.83. The Morgan fingerprint density at radius 2 is 1.63 bits per heavy atom. The average molecular weight is 254 g/mol. The van der Waals surface area contributed by atoms with Crippen LogP contribution in [0.15, 0.2) is 48.5 Å². The van der Waals surface area contributed by atoms with Crippen LogP contribution >= 0.6 is 0 Å². The maximum Gasteiger partial charge on any atom is 0.0440 e. The first-order chi connectivity index (χ1) is 9.13. The standard InChI is InChI=1S/C17H22N2/c1-4-16(18)14-11-9-13(10-12-14)15-7-5-6-8-17(15)19(2)3/h5-12,16H,4,18H2,1-3H3. The number of benzene rings is 2. The van der Waals surface area contributed by atoms with E-state index in [0.717, 1.165) is 6.42 Å². The van der Waals surface area contributed by atoms with Crippen LogP contribution in [0.1, 0.15) is 24.9 Å². The molecule has 0 bridgehead atoms. The molecule has 2 aromatic rings. The van der Waals surface area contributed by atoms with Gasteiger partial charge in [0.25, 0.3) is 0 Å². The third-order valence-corrected chi connectivity index (χ3v) is 3.48. The Morgan fingerprint density at radius 1 is 1.00 bits per heavy atom. The van der Waals surface area contributed by atoms with Gasteiger partial charge in [-0.2, -0.15) is 0 Å². The zero-order chi connectivity index (χ0) is 13.8. The Morgan fingerprint density at radius 3 is 2.21 bits per heavy atom. The van der Waals surface area contributed by atoms with Crippen LogP contribution in [0.3, 0.4) is 0 Å². The SMILES string of the molecule is CCC(N)c1ccc(-c2ccccc2N(C)C)cc1. The van der Waals surface area contributed by atoms with Crippen molar-refractivity contribution in [2.75, 3.05) is 19.0 Å². The maximum atomic E-state index is 6.05. The van der Waals surface area contributed by atoms with Gasteiger partial charge in [0.2, 0.25) is 0 Å². The Hall–Kier alpha value is -1.80. The fourth-order valence-corrected chi connectivity index (χ4v) is 2.25. The zero-order valence-electron chi connectivity index (χ0n) is 11.9. The van der Waals surface area contributed by atoms with Gasteiger partial charge in [-0.15, -0.1) is 0 Å². The topological polar surface area (TPSA) is 29.3 Å². The maximum absolute atomic E-state index is 6.05. The molecular weight excluding hydrogens is 232 g/mol.